The van der Waals surface area contributed by atoms with E-state index in [2.05, 4.69) is 33.4 Å². The highest BCUT2D eigenvalue weighted by Crippen LogP contribution is 2.57. The molecule has 3 atom stereocenters. The molecule has 2 aliphatic rings. The minimum absolute atomic E-state index is 0.201. The molecule has 1 saturated carbocycles. The van der Waals surface area contributed by atoms with Crippen molar-refractivity contribution in [2.45, 2.75) is 52.6 Å². The van der Waals surface area contributed by atoms with Gasteiger partial charge in [0.2, 0.25) is 0 Å². The molecule has 1 heteroatoms. The van der Waals surface area contributed by atoms with Gasteiger partial charge in [-0.2, -0.15) is 0 Å². The molecule has 0 aromatic rings. The second-order valence-corrected chi connectivity index (χ2v) is 6.04. The smallest absolute Gasteiger partial charge is 0.0756 e. The maximum absolute atomic E-state index is 10.1. The van der Waals surface area contributed by atoms with E-state index in [-0.39, 0.29) is 11.5 Å². The summed E-state index contributed by atoms with van der Waals surface area (Å²) in [6, 6.07) is 0. The standard InChI is InChI=1S/C15H24O/c1-10(2)13-9-14(16)12(4)15(13)7-5-11(3)6-8-15/h5,10,13-14,16H,4,6-9H2,1-3H3/t13-,14-,15+/m1/s1. The normalized spacial score (nSPS) is 39.6. The van der Waals surface area contributed by atoms with Gasteiger partial charge >= 0.3 is 0 Å². The van der Waals surface area contributed by atoms with Crippen LogP contribution in [0.2, 0.25) is 0 Å². The molecule has 1 N–H and O–H groups in total. The van der Waals surface area contributed by atoms with Crippen LogP contribution in [-0.4, -0.2) is 11.2 Å². The van der Waals surface area contributed by atoms with E-state index in [1.165, 1.54) is 18.4 Å². The predicted molar refractivity (Wildman–Crippen MR) is 68.1 cm³/mol. The summed E-state index contributed by atoms with van der Waals surface area (Å²) in [5, 5.41) is 10.1. The fraction of sp³-hybridized carbons (Fsp3) is 0.733. The summed E-state index contributed by atoms with van der Waals surface area (Å²) in [5.74, 6) is 1.25. The van der Waals surface area contributed by atoms with Gasteiger partial charge in [-0.05, 0) is 50.0 Å². The second-order valence-electron chi connectivity index (χ2n) is 6.04. The zero-order valence-corrected chi connectivity index (χ0v) is 10.8. The van der Waals surface area contributed by atoms with Crippen LogP contribution in [0.4, 0.5) is 0 Å². The van der Waals surface area contributed by atoms with Crippen molar-refractivity contribution in [2.24, 2.45) is 17.3 Å². The Morgan fingerprint density at radius 3 is 2.69 bits per heavy atom. The van der Waals surface area contributed by atoms with Crippen LogP contribution < -0.4 is 0 Å². The Labute approximate surface area is 99.3 Å². The molecular formula is C15H24O. The number of hydrogen-bond acceptors (Lipinski definition) is 1. The van der Waals surface area contributed by atoms with Crippen molar-refractivity contribution < 1.29 is 5.11 Å². The molecule has 0 saturated heterocycles. The molecule has 16 heavy (non-hydrogen) atoms. The van der Waals surface area contributed by atoms with Gasteiger partial charge < -0.3 is 5.11 Å². The monoisotopic (exact) mass is 220 g/mol. The minimum Gasteiger partial charge on any atom is -0.389 e. The van der Waals surface area contributed by atoms with E-state index in [4.69, 9.17) is 0 Å². The van der Waals surface area contributed by atoms with Gasteiger partial charge in [0.05, 0.1) is 6.10 Å². The van der Waals surface area contributed by atoms with Crippen molar-refractivity contribution in [3.63, 3.8) is 0 Å². The molecule has 1 spiro atoms. The molecule has 0 aliphatic heterocycles. The number of aliphatic hydroxyl groups excluding tert-OH is 1. The van der Waals surface area contributed by atoms with Gasteiger partial charge in [0.1, 0.15) is 0 Å². The Bertz CT molecular complexity index is 326. The van der Waals surface area contributed by atoms with Crippen LogP contribution in [0, 0.1) is 17.3 Å². The van der Waals surface area contributed by atoms with E-state index in [1.807, 2.05) is 0 Å². The Kier molecular flexibility index (Phi) is 3.00. The number of hydrogen-bond donors (Lipinski definition) is 1. The summed E-state index contributed by atoms with van der Waals surface area (Å²) in [6.45, 7) is 11.0. The highest BCUT2D eigenvalue weighted by atomic mass is 16.3. The first-order valence-electron chi connectivity index (χ1n) is 6.50. The molecule has 0 heterocycles. The average molecular weight is 220 g/mol. The maximum Gasteiger partial charge on any atom is 0.0756 e. The average Bonchev–Trinajstić information content (AvgIpc) is 2.48. The van der Waals surface area contributed by atoms with E-state index in [0.29, 0.717) is 11.8 Å². The van der Waals surface area contributed by atoms with E-state index in [0.717, 1.165) is 18.4 Å². The minimum atomic E-state index is -0.265. The van der Waals surface area contributed by atoms with Crippen LogP contribution in [0.1, 0.15) is 46.5 Å². The molecular weight excluding hydrogens is 196 g/mol. The van der Waals surface area contributed by atoms with Crippen molar-refractivity contribution in [1.82, 2.24) is 0 Å². The lowest BCUT2D eigenvalue weighted by atomic mass is 9.63. The molecule has 2 aliphatic carbocycles. The Morgan fingerprint density at radius 1 is 1.50 bits per heavy atom. The van der Waals surface area contributed by atoms with Crippen molar-refractivity contribution in [3.8, 4) is 0 Å². The molecule has 1 nitrogen and oxygen atoms in total. The highest BCUT2D eigenvalue weighted by Gasteiger charge is 2.50. The molecule has 0 aromatic carbocycles. The summed E-state index contributed by atoms with van der Waals surface area (Å²) >= 11 is 0. The van der Waals surface area contributed by atoms with Crippen molar-refractivity contribution in [2.75, 3.05) is 0 Å². The van der Waals surface area contributed by atoms with Crippen LogP contribution >= 0.6 is 0 Å². The van der Waals surface area contributed by atoms with Crippen LogP contribution in [0.25, 0.3) is 0 Å². The largest absolute Gasteiger partial charge is 0.389 e. The summed E-state index contributed by atoms with van der Waals surface area (Å²) in [7, 11) is 0. The SMILES string of the molecule is C=C1[C@H](O)C[C@H](C(C)C)[C@]12CC=C(C)CC2. The van der Waals surface area contributed by atoms with Crippen LogP contribution in [0.3, 0.4) is 0 Å². The lowest BCUT2D eigenvalue weighted by Crippen LogP contribution is -2.32. The third-order valence-electron chi connectivity index (χ3n) is 4.81. The number of rotatable bonds is 1. The van der Waals surface area contributed by atoms with Crippen molar-refractivity contribution in [1.29, 1.82) is 0 Å². The molecule has 0 bridgehead atoms. The maximum atomic E-state index is 10.1. The Hall–Kier alpha value is -0.560. The van der Waals surface area contributed by atoms with Gasteiger partial charge in [0.25, 0.3) is 0 Å². The fourth-order valence-electron chi connectivity index (χ4n) is 3.70. The van der Waals surface area contributed by atoms with Crippen molar-refractivity contribution >= 4 is 0 Å². The third kappa shape index (κ3) is 1.66. The van der Waals surface area contributed by atoms with Gasteiger partial charge in [0, 0.05) is 5.41 Å². The van der Waals surface area contributed by atoms with Crippen LogP contribution in [0.5, 0.6) is 0 Å². The van der Waals surface area contributed by atoms with Crippen molar-refractivity contribution in [3.05, 3.63) is 23.8 Å². The first-order valence-corrected chi connectivity index (χ1v) is 6.50. The summed E-state index contributed by atoms with van der Waals surface area (Å²) < 4.78 is 0. The summed E-state index contributed by atoms with van der Waals surface area (Å²) in [4.78, 5) is 0. The van der Waals surface area contributed by atoms with Gasteiger partial charge in [0.15, 0.2) is 0 Å². The number of aliphatic hydroxyl groups is 1. The van der Waals surface area contributed by atoms with Gasteiger partial charge in [-0.3, -0.25) is 0 Å². The predicted octanol–water partition coefficient (Wildman–Crippen LogP) is 3.70. The number of allylic oxidation sites excluding steroid dienone is 2. The van der Waals surface area contributed by atoms with E-state index in [9.17, 15) is 5.11 Å². The zero-order valence-electron chi connectivity index (χ0n) is 10.8. The van der Waals surface area contributed by atoms with E-state index < -0.39 is 0 Å². The summed E-state index contributed by atoms with van der Waals surface area (Å²) in [5.41, 5.74) is 2.81. The van der Waals surface area contributed by atoms with Gasteiger partial charge in [-0.1, -0.05) is 32.1 Å². The quantitative estimate of drug-likeness (QED) is 0.668. The molecule has 1 fully saturated rings. The first-order chi connectivity index (χ1) is 7.47. The molecule has 0 radical (unpaired) electrons. The third-order valence-corrected chi connectivity index (χ3v) is 4.81. The fourth-order valence-corrected chi connectivity index (χ4v) is 3.70. The lowest BCUT2D eigenvalue weighted by molar-refractivity contribution is 0.162. The van der Waals surface area contributed by atoms with Gasteiger partial charge in [-0.25, -0.2) is 0 Å². The molecule has 0 amide bonds. The zero-order chi connectivity index (χ0) is 11.9. The Morgan fingerprint density at radius 2 is 2.19 bits per heavy atom. The first kappa shape index (κ1) is 11.9. The molecule has 0 aromatic heterocycles. The molecule has 0 unspecified atom stereocenters. The lowest BCUT2D eigenvalue weighted by Gasteiger charge is -2.40. The summed E-state index contributed by atoms with van der Waals surface area (Å²) in [6.07, 6.45) is 6.48. The Balaban J connectivity index is 2.32. The van der Waals surface area contributed by atoms with Crippen LogP contribution in [0.15, 0.2) is 23.8 Å². The van der Waals surface area contributed by atoms with Crippen LogP contribution in [-0.2, 0) is 0 Å². The highest BCUT2D eigenvalue weighted by molar-refractivity contribution is 5.28. The van der Waals surface area contributed by atoms with E-state index in [1.54, 1.807) is 0 Å². The molecule has 2 rings (SSSR count). The van der Waals surface area contributed by atoms with E-state index >= 15 is 0 Å². The molecule has 90 valence electrons. The van der Waals surface area contributed by atoms with Gasteiger partial charge in [-0.15, -0.1) is 0 Å². The second kappa shape index (κ2) is 4.03. The topological polar surface area (TPSA) is 20.2 Å².